The maximum Gasteiger partial charge on any atom is 0.312 e. The molecule has 4 aliphatic rings. The Labute approximate surface area is 222 Å². The van der Waals surface area contributed by atoms with E-state index in [2.05, 4.69) is 29.1 Å². The molecule has 3 heterocycles. The fourth-order valence-electron chi connectivity index (χ4n) is 6.83. The van der Waals surface area contributed by atoms with Crippen LogP contribution in [-0.4, -0.2) is 87.6 Å². The zero-order valence-corrected chi connectivity index (χ0v) is 22.6. The smallest absolute Gasteiger partial charge is 0.312 e. The van der Waals surface area contributed by atoms with Crippen LogP contribution in [0.15, 0.2) is 25.3 Å². The average molecular weight is 568 g/mol. The molecule has 6 atom stereocenters. The summed E-state index contributed by atoms with van der Waals surface area (Å²) in [7, 11) is 0. The summed E-state index contributed by atoms with van der Waals surface area (Å²) in [6.45, 7) is 8.45. The molecule has 9 heteroatoms. The quantitative estimate of drug-likeness (QED) is 0.169. The summed E-state index contributed by atoms with van der Waals surface area (Å²) in [6, 6.07) is -0.689. The Balaban J connectivity index is 1.69. The van der Waals surface area contributed by atoms with Gasteiger partial charge in [-0.2, -0.15) is 0 Å². The number of hydrogen-bond acceptors (Lipinski definition) is 6. The van der Waals surface area contributed by atoms with Crippen LogP contribution in [0.1, 0.15) is 57.8 Å². The summed E-state index contributed by atoms with van der Waals surface area (Å²) in [6.07, 6.45) is 10.5. The van der Waals surface area contributed by atoms with E-state index in [0.29, 0.717) is 32.4 Å². The van der Waals surface area contributed by atoms with E-state index in [-0.39, 0.29) is 35.9 Å². The molecule has 1 aliphatic carbocycles. The van der Waals surface area contributed by atoms with Crippen molar-refractivity contribution in [2.24, 2.45) is 11.8 Å². The molecule has 4 fully saturated rings. The Hall–Kier alpha value is -1.71. The summed E-state index contributed by atoms with van der Waals surface area (Å²) in [5.41, 5.74) is -1.07. The van der Waals surface area contributed by atoms with Gasteiger partial charge in [-0.05, 0) is 38.5 Å². The van der Waals surface area contributed by atoms with Crippen LogP contribution < -0.4 is 0 Å². The molecule has 4 rings (SSSR count). The van der Waals surface area contributed by atoms with Crippen molar-refractivity contribution in [2.45, 2.75) is 86.4 Å². The number of esters is 1. The van der Waals surface area contributed by atoms with Crippen LogP contribution in [0.25, 0.3) is 0 Å². The molecular formula is C27H39BrN2O6. The molecule has 3 aliphatic heterocycles. The third-order valence-corrected chi connectivity index (χ3v) is 9.16. The number of fused-ring (bicyclic) bond motifs is 1. The first-order valence-corrected chi connectivity index (χ1v) is 14.2. The van der Waals surface area contributed by atoms with E-state index >= 15 is 0 Å². The van der Waals surface area contributed by atoms with E-state index in [0.717, 1.165) is 32.1 Å². The number of halogens is 1. The molecule has 0 radical (unpaired) electrons. The van der Waals surface area contributed by atoms with E-state index in [1.807, 2.05) is 4.90 Å². The lowest BCUT2D eigenvalue weighted by Gasteiger charge is -2.41. The predicted octanol–water partition coefficient (Wildman–Crippen LogP) is 2.97. The molecule has 36 heavy (non-hydrogen) atoms. The van der Waals surface area contributed by atoms with Crippen molar-refractivity contribution in [3.05, 3.63) is 25.3 Å². The Morgan fingerprint density at radius 3 is 2.61 bits per heavy atom. The Bertz CT molecular complexity index is 861. The number of alkyl halides is 1. The standard InChI is InChI=1S/C27H39BrN2O6/c1-3-13-29(18-11-7-5-8-12-18)25(33)23-27-17-19(28)22(36-27)20(26(34)35-16-4-2)21(27)24(32)30(23)14-9-6-10-15-31/h3-4,18-23,31H,1-2,5-17H2/t19?,20-,21-,22-,23?,27?/m0/s1. The fourth-order valence-corrected chi connectivity index (χ4v) is 7.78. The number of ether oxygens (including phenoxy) is 2. The van der Waals surface area contributed by atoms with Gasteiger partial charge >= 0.3 is 5.97 Å². The summed E-state index contributed by atoms with van der Waals surface area (Å²) in [5, 5.41) is 9.20. The minimum atomic E-state index is -1.07. The molecule has 1 saturated carbocycles. The summed E-state index contributed by atoms with van der Waals surface area (Å²) >= 11 is 3.69. The number of carbonyl (C=O) groups excluding carboxylic acids is 3. The molecule has 1 spiro atoms. The summed E-state index contributed by atoms with van der Waals surface area (Å²) < 4.78 is 11.9. The zero-order chi connectivity index (χ0) is 25.9. The van der Waals surface area contributed by atoms with Crippen molar-refractivity contribution < 1.29 is 29.0 Å². The number of hydrogen-bond donors (Lipinski definition) is 1. The number of nitrogens with zero attached hydrogens (tertiary/aromatic N) is 2. The van der Waals surface area contributed by atoms with Crippen molar-refractivity contribution in [3.8, 4) is 0 Å². The van der Waals surface area contributed by atoms with E-state index in [1.165, 1.54) is 12.5 Å². The van der Waals surface area contributed by atoms with Gasteiger partial charge in [0.1, 0.15) is 18.2 Å². The highest BCUT2D eigenvalue weighted by atomic mass is 79.9. The van der Waals surface area contributed by atoms with Gasteiger partial charge in [0, 0.05) is 30.6 Å². The second kappa shape index (κ2) is 11.8. The summed E-state index contributed by atoms with van der Waals surface area (Å²) in [4.78, 5) is 44.9. The third kappa shape index (κ3) is 4.78. The number of likely N-dealkylation sites (tertiary alicyclic amines) is 1. The largest absolute Gasteiger partial charge is 0.461 e. The number of carbonyl (C=O) groups is 3. The molecule has 2 bridgehead atoms. The topological polar surface area (TPSA) is 96.4 Å². The van der Waals surface area contributed by atoms with Crippen LogP contribution in [0.4, 0.5) is 0 Å². The third-order valence-electron chi connectivity index (χ3n) is 8.32. The van der Waals surface area contributed by atoms with Crippen molar-refractivity contribution in [1.82, 2.24) is 9.80 Å². The second-order valence-electron chi connectivity index (χ2n) is 10.5. The van der Waals surface area contributed by atoms with E-state index in [4.69, 9.17) is 9.47 Å². The lowest BCUT2D eigenvalue weighted by atomic mass is 9.70. The number of aliphatic hydroxyl groups is 1. The Morgan fingerprint density at radius 1 is 1.19 bits per heavy atom. The van der Waals surface area contributed by atoms with E-state index < -0.39 is 35.6 Å². The molecule has 0 aromatic rings. The van der Waals surface area contributed by atoms with Crippen molar-refractivity contribution in [3.63, 3.8) is 0 Å². The van der Waals surface area contributed by atoms with Gasteiger partial charge in [0.15, 0.2) is 0 Å². The van der Waals surface area contributed by atoms with Crippen LogP contribution >= 0.6 is 15.9 Å². The summed E-state index contributed by atoms with van der Waals surface area (Å²) in [5.74, 6) is -2.32. The highest BCUT2D eigenvalue weighted by Gasteiger charge is 2.77. The first kappa shape index (κ1) is 27.3. The van der Waals surface area contributed by atoms with Gasteiger partial charge in [-0.15, -0.1) is 6.58 Å². The van der Waals surface area contributed by atoms with Crippen molar-refractivity contribution >= 4 is 33.7 Å². The maximum atomic E-state index is 14.4. The van der Waals surface area contributed by atoms with Gasteiger partial charge in [0.05, 0.1) is 17.9 Å². The minimum Gasteiger partial charge on any atom is -0.461 e. The van der Waals surface area contributed by atoms with Crippen LogP contribution in [0, 0.1) is 11.8 Å². The monoisotopic (exact) mass is 566 g/mol. The van der Waals surface area contributed by atoms with Crippen LogP contribution in [0.2, 0.25) is 0 Å². The van der Waals surface area contributed by atoms with Crippen LogP contribution in [0.3, 0.4) is 0 Å². The molecular weight excluding hydrogens is 528 g/mol. The van der Waals surface area contributed by atoms with Gasteiger partial charge in [0.25, 0.3) is 0 Å². The highest BCUT2D eigenvalue weighted by molar-refractivity contribution is 9.09. The molecule has 200 valence electrons. The lowest BCUT2D eigenvalue weighted by molar-refractivity contribution is -0.154. The van der Waals surface area contributed by atoms with Gasteiger partial charge < -0.3 is 24.4 Å². The molecule has 3 unspecified atom stereocenters. The molecule has 0 aromatic heterocycles. The second-order valence-corrected chi connectivity index (χ2v) is 11.6. The first-order valence-electron chi connectivity index (χ1n) is 13.3. The van der Waals surface area contributed by atoms with E-state index in [1.54, 1.807) is 11.0 Å². The highest BCUT2D eigenvalue weighted by Crippen LogP contribution is 2.60. The Kier molecular flexibility index (Phi) is 8.94. The SMILES string of the molecule is C=CCOC(=O)[C@H]1[C@H]2C(=O)N(CCCCCO)C(C(=O)N(CC=C)C3CCCCC3)C23CC(Br)[C@@H]1O3. The normalized spacial score (nSPS) is 33.4. The van der Waals surface area contributed by atoms with Gasteiger partial charge in [-0.3, -0.25) is 14.4 Å². The lowest BCUT2D eigenvalue weighted by Crippen LogP contribution is -2.58. The molecule has 2 amide bonds. The van der Waals surface area contributed by atoms with Crippen LogP contribution in [-0.2, 0) is 23.9 Å². The molecule has 0 aromatic carbocycles. The van der Waals surface area contributed by atoms with Gasteiger partial charge in [-0.25, -0.2) is 0 Å². The van der Waals surface area contributed by atoms with Gasteiger partial charge in [0.2, 0.25) is 11.8 Å². The average Bonchev–Trinajstić information content (AvgIpc) is 3.47. The minimum absolute atomic E-state index is 0.0605. The number of rotatable bonds is 12. The van der Waals surface area contributed by atoms with Crippen LogP contribution in [0.5, 0.6) is 0 Å². The number of amides is 2. The van der Waals surface area contributed by atoms with Crippen molar-refractivity contribution in [1.29, 1.82) is 0 Å². The van der Waals surface area contributed by atoms with E-state index in [9.17, 15) is 19.5 Å². The first-order chi connectivity index (χ1) is 17.4. The molecule has 3 saturated heterocycles. The van der Waals surface area contributed by atoms with Gasteiger partial charge in [-0.1, -0.05) is 53.9 Å². The van der Waals surface area contributed by atoms with Crippen molar-refractivity contribution in [2.75, 3.05) is 26.3 Å². The Morgan fingerprint density at radius 2 is 1.94 bits per heavy atom. The zero-order valence-electron chi connectivity index (χ0n) is 21.0. The molecule has 1 N–H and O–H groups in total. The fraction of sp³-hybridized carbons (Fsp3) is 0.741. The molecule has 8 nitrogen and oxygen atoms in total. The number of aliphatic hydroxyl groups excluding tert-OH is 1. The number of unbranched alkanes of at least 4 members (excludes halogenated alkanes) is 2. The maximum absolute atomic E-state index is 14.4. The predicted molar refractivity (Wildman–Crippen MR) is 138 cm³/mol.